The highest BCUT2D eigenvalue weighted by atomic mass is 32.2. The van der Waals surface area contributed by atoms with E-state index in [0.29, 0.717) is 0 Å². The monoisotopic (exact) mass is 334 g/mol. The first-order valence-electron chi connectivity index (χ1n) is 7.28. The van der Waals surface area contributed by atoms with Crippen LogP contribution in [0.5, 0.6) is 0 Å². The zero-order valence-electron chi connectivity index (χ0n) is 12.7. The molecule has 0 saturated heterocycles. The van der Waals surface area contributed by atoms with E-state index < -0.39 is 14.9 Å². The molecular formula is C16H18N2O4S. The average Bonchev–Trinajstić information content (AvgIpc) is 2.53. The van der Waals surface area contributed by atoms with Crippen LogP contribution < -0.4 is 4.72 Å². The fourth-order valence-corrected chi connectivity index (χ4v) is 3.14. The van der Waals surface area contributed by atoms with Crippen molar-refractivity contribution in [3.8, 4) is 0 Å². The van der Waals surface area contributed by atoms with Gasteiger partial charge in [0.25, 0.3) is 15.7 Å². The normalized spacial score (nSPS) is 11.2. The van der Waals surface area contributed by atoms with Gasteiger partial charge >= 0.3 is 0 Å². The van der Waals surface area contributed by atoms with Gasteiger partial charge in [-0.1, -0.05) is 25.5 Å². The summed E-state index contributed by atoms with van der Waals surface area (Å²) in [6.07, 6.45) is 3.07. The van der Waals surface area contributed by atoms with Crippen molar-refractivity contribution in [2.45, 2.75) is 31.1 Å². The summed E-state index contributed by atoms with van der Waals surface area (Å²) >= 11 is 0. The molecule has 2 aromatic carbocycles. The number of nitro benzene ring substituents is 1. The van der Waals surface area contributed by atoms with Gasteiger partial charge in [0.15, 0.2) is 0 Å². The molecule has 2 rings (SSSR count). The summed E-state index contributed by atoms with van der Waals surface area (Å²) in [6.45, 7) is 2.10. The van der Waals surface area contributed by atoms with Crippen molar-refractivity contribution in [1.82, 2.24) is 0 Å². The molecule has 0 saturated carbocycles. The molecule has 0 amide bonds. The van der Waals surface area contributed by atoms with Gasteiger partial charge in [0, 0.05) is 17.8 Å². The summed E-state index contributed by atoms with van der Waals surface area (Å²) in [5.41, 5.74) is 1.29. The third-order valence-electron chi connectivity index (χ3n) is 3.38. The zero-order valence-corrected chi connectivity index (χ0v) is 13.5. The van der Waals surface area contributed by atoms with Crippen molar-refractivity contribution in [2.75, 3.05) is 4.72 Å². The second kappa shape index (κ2) is 7.23. The van der Waals surface area contributed by atoms with Gasteiger partial charge in [-0.15, -0.1) is 0 Å². The van der Waals surface area contributed by atoms with E-state index in [4.69, 9.17) is 0 Å². The zero-order chi connectivity index (χ0) is 16.9. The Hall–Kier alpha value is -2.41. The molecule has 23 heavy (non-hydrogen) atoms. The maximum atomic E-state index is 12.3. The first-order chi connectivity index (χ1) is 10.9. The highest BCUT2D eigenvalue weighted by Crippen LogP contribution is 2.20. The Morgan fingerprint density at radius 1 is 1.04 bits per heavy atom. The smallest absolute Gasteiger partial charge is 0.269 e. The van der Waals surface area contributed by atoms with Crippen molar-refractivity contribution in [3.63, 3.8) is 0 Å². The number of nitrogens with one attached hydrogen (secondary N) is 1. The lowest BCUT2D eigenvalue weighted by molar-refractivity contribution is -0.384. The van der Waals surface area contributed by atoms with E-state index in [2.05, 4.69) is 11.6 Å². The SMILES string of the molecule is CCCCc1ccc(S(=O)(=O)Nc2ccc([N+](=O)[O-])cc2)cc1. The maximum Gasteiger partial charge on any atom is 0.269 e. The molecule has 0 radical (unpaired) electrons. The second-order valence-corrected chi connectivity index (χ2v) is 6.84. The highest BCUT2D eigenvalue weighted by Gasteiger charge is 2.14. The van der Waals surface area contributed by atoms with E-state index in [9.17, 15) is 18.5 Å². The average molecular weight is 334 g/mol. The standard InChI is InChI=1S/C16H18N2O4S/c1-2-3-4-13-5-11-16(12-6-13)23(21,22)17-14-7-9-15(10-8-14)18(19)20/h5-12,17H,2-4H2,1H3. The lowest BCUT2D eigenvalue weighted by atomic mass is 10.1. The van der Waals surface area contributed by atoms with E-state index in [1.54, 1.807) is 24.3 Å². The number of rotatable bonds is 7. The van der Waals surface area contributed by atoms with Crippen LogP contribution in [0.15, 0.2) is 53.4 Å². The van der Waals surface area contributed by atoms with Crippen LogP contribution in [0.25, 0.3) is 0 Å². The van der Waals surface area contributed by atoms with Crippen molar-refractivity contribution in [2.24, 2.45) is 0 Å². The lowest BCUT2D eigenvalue weighted by Crippen LogP contribution is -2.12. The van der Waals surface area contributed by atoms with E-state index in [-0.39, 0.29) is 16.3 Å². The summed E-state index contributed by atoms with van der Waals surface area (Å²) in [5.74, 6) is 0. The molecule has 0 fully saturated rings. The molecule has 0 heterocycles. The van der Waals surface area contributed by atoms with Gasteiger partial charge in [-0.05, 0) is 42.7 Å². The molecule has 6 nitrogen and oxygen atoms in total. The number of aryl methyl sites for hydroxylation is 1. The molecule has 0 aromatic heterocycles. The molecule has 2 aromatic rings. The number of anilines is 1. The molecule has 0 aliphatic rings. The number of unbranched alkanes of at least 4 members (excludes halogenated alkanes) is 1. The fraction of sp³-hybridized carbons (Fsp3) is 0.250. The lowest BCUT2D eigenvalue weighted by Gasteiger charge is -2.08. The Bertz CT molecular complexity index is 769. The van der Waals surface area contributed by atoms with E-state index in [0.717, 1.165) is 24.8 Å². The van der Waals surface area contributed by atoms with Crippen LogP contribution >= 0.6 is 0 Å². The first kappa shape index (κ1) is 17.0. The highest BCUT2D eigenvalue weighted by molar-refractivity contribution is 7.92. The molecule has 0 unspecified atom stereocenters. The van der Waals surface area contributed by atoms with Gasteiger partial charge in [0.05, 0.1) is 9.82 Å². The number of sulfonamides is 1. The fourth-order valence-electron chi connectivity index (χ4n) is 2.08. The number of nitrogens with zero attached hydrogens (tertiary/aromatic N) is 1. The molecule has 0 bridgehead atoms. The van der Waals surface area contributed by atoms with Gasteiger partial charge in [-0.2, -0.15) is 0 Å². The van der Waals surface area contributed by atoms with Gasteiger partial charge in [-0.25, -0.2) is 8.42 Å². The largest absolute Gasteiger partial charge is 0.280 e. The third-order valence-corrected chi connectivity index (χ3v) is 4.78. The van der Waals surface area contributed by atoms with Gasteiger partial charge in [-0.3, -0.25) is 14.8 Å². The van der Waals surface area contributed by atoms with Crippen molar-refractivity contribution in [3.05, 3.63) is 64.2 Å². The minimum absolute atomic E-state index is 0.0896. The Balaban J connectivity index is 2.13. The van der Waals surface area contributed by atoms with Crippen molar-refractivity contribution >= 4 is 21.4 Å². The Morgan fingerprint density at radius 3 is 2.17 bits per heavy atom. The molecular weight excluding hydrogens is 316 g/mol. The number of hydrogen-bond acceptors (Lipinski definition) is 4. The molecule has 0 spiro atoms. The van der Waals surface area contributed by atoms with Crippen LogP contribution in [0, 0.1) is 10.1 Å². The molecule has 0 atom stereocenters. The third kappa shape index (κ3) is 4.53. The van der Waals surface area contributed by atoms with Crippen molar-refractivity contribution < 1.29 is 13.3 Å². The minimum Gasteiger partial charge on any atom is -0.280 e. The number of benzene rings is 2. The molecule has 0 aliphatic heterocycles. The number of hydrogen-bond donors (Lipinski definition) is 1. The van der Waals surface area contributed by atoms with Crippen LogP contribution in [0.2, 0.25) is 0 Å². The molecule has 0 aliphatic carbocycles. The summed E-state index contributed by atoms with van der Waals surface area (Å²) in [6, 6.07) is 12.0. The second-order valence-electron chi connectivity index (χ2n) is 5.16. The topological polar surface area (TPSA) is 89.3 Å². The van der Waals surface area contributed by atoms with Crippen LogP contribution in [0.3, 0.4) is 0 Å². The van der Waals surface area contributed by atoms with Gasteiger partial charge < -0.3 is 0 Å². The first-order valence-corrected chi connectivity index (χ1v) is 8.77. The predicted molar refractivity (Wildman–Crippen MR) is 89.0 cm³/mol. The van der Waals surface area contributed by atoms with Crippen LogP contribution in [0.4, 0.5) is 11.4 Å². The molecule has 1 N–H and O–H groups in total. The molecule has 122 valence electrons. The number of nitro groups is 1. The predicted octanol–water partition coefficient (Wildman–Crippen LogP) is 3.74. The maximum absolute atomic E-state index is 12.3. The van der Waals surface area contributed by atoms with E-state index in [1.165, 1.54) is 24.3 Å². The quantitative estimate of drug-likeness (QED) is 0.617. The summed E-state index contributed by atoms with van der Waals surface area (Å²) in [4.78, 5) is 10.2. The van der Waals surface area contributed by atoms with Crippen molar-refractivity contribution in [1.29, 1.82) is 0 Å². The van der Waals surface area contributed by atoms with E-state index in [1.807, 2.05) is 0 Å². The summed E-state index contributed by atoms with van der Waals surface area (Å²) < 4.78 is 27.0. The number of non-ortho nitro benzene ring substituents is 1. The Kier molecular flexibility index (Phi) is 5.33. The summed E-state index contributed by atoms with van der Waals surface area (Å²) in [5, 5.41) is 10.6. The van der Waals surface area contributed by atoms with Crippen LogP contribution in [-0.2, 0) is 16.4 Å². The van der Waals surface area contributed by atoms with Gasteiger partial charge in [0.2, 0.25) is 0 Å². The summed E-state index contributed by atoms with van der Waals surface area (Å²) in [7, 11) is -3.70. The van der Waals surface area contributed by atoms with Crippen LogP contribution in [-0.4, -0.2) is 13.3 Å². The van der Waals surface area contributed by atoms with E-state index >= 15 is 0 Å². The van der Waals surface area contributed by atoms with Crippen LogP contribution in [0.1, 0.15) is 25.3 Å². The molecule has 7 heteroatoms. The minimum atomic E-state index is -3.70. The van der Waals surface area contributed by atoms with Gasteiger partial charge in [0.1, 0.15) is 0 Å². The Labute approximate surface area is 135 Å². The Morgan fingerprint density at radius 2 is 1.65 bits per heavy atom.